The lowest BCUT2D eigenvalue weighted by Gasteiger charge is -2.12. The van der Waals surface area contributed by atoms with Gasteiger partial charge in [0.05, 0.1) is 18.2 Å². The van der Waals surface area contributed by atoms with Gasteiger partial charge in [-0.3, -0.25) is 0 Å². The molecular formula is C12H16N2O3S2. The molecular weight excluding hydrogens is 284 g/mol. The number of thiophene rings is 1. The average molecular weight is 300 g/mol. The summed E-state index contributed by atoms with van der Waals surface area (Å²) in [5.74, 6) is -0.337. The van der Waals surface area contributed by atoms with Crippen LogP contribution in [0.1, 0.15) is 22.5 Å². The van der Waals surface area contributed by atoms with E-state index in [1.807, 2.05) is 0 Å². The lowest BCUT2D eigenvalue weighted by atomic mass is 10.2. The number of esters is 1. The van der Waals surface area contributed by atoms with Crippen LogP contribution < -0.4 is 10.6 Å². The zero-order chi connectivity index (χ0) is 13.7. The van der Waals surface area contributed by atoms with Crippen LogP contribution >= 0.6 is 23.6 Å². The maximum Gasteiger partial charge on any atom is 0.348 e. The van der Waals surface area contributed by atoms with Gasteiger partial charge in [0.15, 0.2) is 5.11 Å². The quantitative estimate of drug-likeness (QED) is 0.655. The Bertz CT molecular complexity index is 456. The largest absolute Gasteiger partial charge is 0.465 e. The minimum absolute atomic E-state index is 0.244. The van der Waals surface area contributed by atoms with Crippen LogP contribution in [0.2, 0.25) is 0 Å². The summed E-state index contributed by atoms with van der Waals surface area (Å²) >= 11 is 6.49. The molecule has 1 aliphatic heterocycles. The second-order valence-electron chi connectivity index (χ2n) is 4.13. The van der Waals surface area contributed by atoms with Gasteiger partial charge in [-0.25, -0.2) is 4.79 Å². The first-order valence-electron chi connectivity index (χ1n) is 6.03. The van der Waals surface area contributed by atoms with E-state index in [1.165, 1.54) is 18.4 Å². The zero-order valence-corrected chi connectivity index (χ0v) is 12.2. The van der Waals surface area contributed by atoms with Crippen molar-refractivity contribution < 1.29 is 14.3 Å². The van der Waals surface area contributed by atoms with Crippen molar-refractivity contribution in [3.05, 3.63) is 17.0 Å². The summed E-state index contributed by atoms with van der Waals surface area (Å²) in [6.07, 6.45) is 2.43. The Hall–Kier alpha value is -1.18. The molecule has 1 aromatic rings. The number of rotatable bonds is 4. The summed E-state index contributed by atoms with van der Waals surface area (Å²) in [6, 6.07) is 3.51. The van der Waals surface area contributed by atoms with Gasteiger partial charge in [0.1, 0.15) is 4.88 Å². The van der Waals surface area contributed by atoms with Crippen LogP contribution in [0.4, 0.5) is 5.00 Å². The molecule has 0 amide bonds. The average Bonchev–Trinajstić information content (AvgIpc) is 3.06. The van der Waals surface area contributed by atoms with Crippen LogP contribution in [0.3, 0.4) is 0 Å². The van der Waals surface area contributed by atoms with E-state index in [4.69, 9.17) is 17.0 Å². The molecule has 5 nitrogen and oxygen atoms in total. The molecule has 1 atom stereocenters. The van der Waals surface area contributed by atoms with Crippen molar-refractivity contribution in [1.82, 2.24) is 5.32 Å². The number of hydrogen-bond acceptors (Lipinski definition) is 5. The number of thiocarbonyl (C=S) groups is 1. The fourth-order valence-corrected chi connectivity index (χ4v) is 2.87. The molecule has 1 saturated heterocycles. The first kappa shape index (κ1) is 14.2. The van der Waals surface area contributed by atoms with E-state index in [0.29, 0.717) is 16.5 Å². The molecule has 0 unspecified atom stereocenters. The molecule has 1 fully saturated rings. The smallest absolute Gasteiger partial charge is 0.348 e. The Morgan fingerprint density at radius 1 is 1.63 bits per heavy atom. The summed E-state index contributed by atoms with van der Waals surface area (Å²) in [5, 5.41) is 7.50. The van der Waals surface area contributed by atoms with E-state index in [-0.39, 0.29) is 12.1 Å². The summed E-state index contributed by atoms with van der Waals surface area (Å²) in [6.45, 7) is 1.54. The number of carbonyl (C=O) groups is 1. The normalized spacial score (nSPS) is 18.1. The van der Waals surface area contributed by atoms with Gasteiger partial charge in [-0.05, 0) is 37.2 Å². The molecule has 0 spiro atoms. The second kappa shape index (κ2) is 6.83. The van der Waals surface area contributed by atoms with Gasteiger partial charge in [0, 0.05) is 13.2 Å². The molecule has 0 aliphatic carbocycles. The van der Waals surface area contributed by atoms with Crippen LogP contribution in [-0.2, 0) is 9.47 Å². The first-order chi connectivity index (χ1) is 9.19. The van der Waals surface area contributed by atoms with Crippen molar-refractivity contribution in [1.29, 1.82) is 0 Å². The van der Waals surface area contributed by atoms with Gasteiger partial charge in [0.2, 0.25) is 0 Å². The van der Waals surface area contributed by atoms with Crippen molar-refractivity contribution in [2.24, 2.45) is 0 Å². The van der Waals surface area contributed by atoms with Crippen molar-refractivity contribution in [2.75, 3.05) is 25.6 Å². The number of hydrogen-bond donors (Lipinski definition) is 2. The summed E-state index contributed by atoms with van der Waals surface area (Å²) in [7, 11) is 1.36. The van der Waals surface area contributed by atoms with Crippen molar-refractivity contribution in [3.63, 3.8) is 0 Å². The Kier molecular flexibility index (Phi) is 5.12. The van der Waals surface area contributed by atoms with Crippen molar-refractivity contribution >= 4 is 39.6 Å². The van der Waals surface area contributed by atoms with Gasteiger partial charge in [-0.1, -0.05) is 0 Å². The minimum Gasteiger partial charge on any atom is -0.465 e. The number of carbonyl (C=O) groups excluding carboxylic acids is 1. The second-order valence-corrected chi connectivity index (χ2v) is 5.62. The van der Waals surface area contributed by atoms with E-state index in [1.54, 1.807) is 12.1 Å². The molecule has 0 saturated carbocycles. The maximum atomic E-state index is 11.3. The van der Waals surface area contributed by atoms with Crippen molar-refractivity contribution in [2.45, 2.75) is 18.9 Å². The monoisotopic (exact) mass is 300 g/mol. The van der Waals surface area contributed by atoms with Crippen LogP contribution in [0.5, 0.6) is 0 Å². The minimum atomic E-state index is -0.337. The third-order valence-corrected chi connectivity index (χ3v) is 3.97. The molecule has 0 radical (unpaired) electrons. The highest BCUT2D eigenvalue weighted by Gasteiger charge is 2.15. The summed E-state index contributed by atoms with van der Waals surface area (Å²) < 4.78 is 10.1. The SMILES string of the molecule is COC(=O)c1ccc(NC(=S)NC[C@@H]2CCCO2)s1. The zero-order valence-electron chi connectivity index (χ0n) is 10.6. The van der Waals surface area contributed by atoms with E-state index >= 15 is 0 Å². The highest BCUT2D eigenvalue weighted by atomic mass is 32.1. The molecule has 1 aromatic heterocycles. The third kappa shape index (κ3) is 4.15. The third-order valence-electron chi connectivity index (χ3n) is 2.74. The van der Waals surface area contributed by atoms with E-state index in [2.05, 4.69) is 15.4 Å². The fourth-order valence-electron chi connectivity index (χ4n) is 1.78. The molecule has 0 bridgehead atoms. The summed E-state index contributed by atoms with van der Waals surface area (Å²) in [4.78, 5) is 11.9. The Morgan fingerprint density at radius 2 is 2.47 bits per heavy atom. The maximum absolute atomic E-state index is 11.3. The van der Waals surface area contributed by atoms with Gasteiger partial charge >= 0.3 is 5.97 Å². The number of nitrogens with one attached hydrogen (secondary N) is 2. The summed E-state index contributed by atoms with van der Waals surface area (Å²) in [5.41, 5.74) is 0. The molecule has 1 aliphatic rings. The molecule has 2 heterocycles. The standard InChI is InChI=1S/C12H16N2O3S2/c1-16-11(15)9-4-5-10(19-9)14-12(18)13-7-8-3-2-6-17-8/h4-5,8H,2-3,6-7H2,1H3,(H2,13,14,18)/t8-/m0/s1. The lowest BCUT2D eigenvalue weighted by Crippen LogP contribution is -2.34. The predicted molar refractivity (Wildman–Crippen MR) is 78.9 cm³/mol. The van der Waals surface area contributed by atoms with Crippen LogP contribution in [0.15, 0.2) is 12.1 Å². The van der Waals surface area contributed by atoms with Crippen LogP contribution in [0, 0.1) is 0 Å². The molecule has 0 aromatic carbocycles. The van der Waals surface area contributed by atoms with Crippen molar-refractivity contribution in [3.8, 4) is 0 Å². The molecule has 104 valence electrons. The van der Waals surface area contributed by atoms with Crippen LogP contribution in [0.25, 0.3) is 0 Å². The van der Waals surface area contributed by atoms with Gasteiger partial charge in [-0.2, -0.15) is 0 Å². The number of methoxy groups -OCH3 is 1. The Morgan fingerprint density at radius 3 is 3.16 bits per heavy atom. The van der Waals surface area contributed by atoms with E-state index in [0.717, 1.165) is 24.4 Å². The van der Waals surface area contributed by atoms with Crippen LogP contribution in [-0.4, -0.2) is 37.4 Å². The van der Waals surface area contributed by atoms with Gasteiger partial charge in [-0.15, -0.1) is 11.3 Å². The first-order valence-corrected chi connectivity index (χ1v) is 7.26. The molecule has 2 rings (SSSR count). The Balaban J connectivity index is 1.78. The lowest BCUT2D eigenvalue weighted by molar-refractivity contribution is 0.0606. The number of ether oxygens (including phenoxy) is 2. The molecule has 19 heavy (non-hydrogen) atoms. The predicted octanol–water partition coefficient (Wildman–Crippen LogP) is 2.00. The number of anilines is 1. The highest BCUT2D eigenvalue weighted by molar-refractivity contribution is 7.80. The molecule has 7 heteroatoms. The topological polar surface area (TPSA) is 59.6 Å². The van der Waals surface area contributed by atoms with E-state index < -0.39 is 0 Å². The highest BCUT2D eigenvalue weighted by Crippen LogP contribution is 2.22. The molecule has 2 N–H and O–H groups in total. The fraction of sp³-hybridized carbons (Fsp3) is 0.500. The van der Waals surface area contributed by atoms with Gasteiger partial charge < -0.3 is 20.1 Å². The van der Waals surface area contributed by atoms with E-state index in [9.17, 15) is 4.79 Å². The van der Waals surface area contributed by atoms with Gasteiger partial charge in [0.25, 0.3) is 0 Å². The Labute approximate surface area is 121 Å².